The smallest absolute Gasteiger partial charge is 0.341 e. The quantitative estimate of drug-likeness (QED) is 0.618. The summed E-state index contributed by atoms with van der Waals surface area (Å²) in [4.78, 5) is 23.3. The third-order valence-corrected chi connectivity index (χ3v) is 3.13. The third-order valence-electron chi connectivity index (χ3n) is 3.13. The second-order valence-electron chi connectivity index (χ2n) is 4.86. The highest BCUT2D eigenvalue weighted by molar-refractivity contribution is 5.97. The van der Waals surface area contributed by atoms with Crippen LogP contribution in [0.1, 0.15) is 28.8 Å². The molecule has 1 aliphatic rings. The first-order chi connectivity index (χ1) is 9.08. The summed E-state index contributed by atoms with van der Waals surface area (Å²) in [5, 5.41) is 2.73. The second-order valence-corrected chi connectivity index (χ2v) is 4.86. The summed E-state index contributed by atoms with van der Waals surface area (Å²) in [7, 11) is 0. The fourth-order valence-electron chi connectivity index (χ4n) is 1.80. The maximum atomic E-state index is 11.9. The summed E-state index contributed by atoms with van der Waals surface area (Å²) < 4.78 is 4.97. The number of benzene rings is 1. The zero-order valence-electron chi connectivity index (χ0n) is 10.9. The van der Waals surface area contributed by atoms with E-state index in [0.29, 0.717) is 23.7 Å². The van der Waals surface area contributed by atoms with Crippen molar-refractivity contribution in [1.29, 1.82) is 0 Å². The van der Waals surface area contributed by atoms with Crippen molar-refractivity contribution in [2.75, 3.05) is 18.9 Å². The normalized spacial score (nSPS) is 13.9. The van der Waals surface area contributed by atoms with E-state index < -0.39 is 5.97 Å². The molecule has 1 aromatic rings. The molecule has 1 aromatic carbocycles. The van der Waals surface area contributed by atoms with Crippen molar-refractivity contribution < 1.29 is 14.3 Å². The van der Waals surface area contributed by atoms with Crippen molar-refractivity contribution in [2.45, 2.75) is 19.8 Å². The van der Waals surface area contributed by atoms with E-state index in [1.165, 1.54) is 12.8 Å². The largest absolute Gasteiger partial charge is 0.452 e. The molecule has 102 valence electrons. The van der Waals surface area contributed by atoms with Crippen LogP contribution in [0.25, 0.3) is 0 Å². The Morgan fingerprint density at radius 3 is 2.79 bits per heavy atom. The second kappa shape index (κ2) is 5.73. The first-order valence-corrected chi connectivity index (χ1v) is 6.37. The van der Waals surface area contributed by atoms with E-state index in [9.17, 15) is 9.59 Å². The molecule has 0 radical (unpaired) electrons. The van der Waals surface area contributed by atoms with Crippen molar-refractivity contribution in [3.05, 3.63) is 29.3 Å². The number of esters is 1. The molecule has 5 nitrogen and oxygen atoms in total. The van der Waals surface area contributed by atoms with Crippen LogP contribution in [0.4, 0.5) is 5.69 Å². The Balaban J connectivity index is 1.84. The van der Waals surface area contributed by atoms with E-state index in [1.54, 1.807) is 25.1 Å². The lowest BCUT2D eigenvalue weighted by atomic mass is 10.1. The molecule has 5 heteroatoms. The molecule has 2 rings (SSSR count). The Morgan fingerprint density at radius 2 is 2.16 bits per heavy atom. The van der Waals surface area contributed by atoms with Gasteiger partial charge in [0.15, 0.2) is 6.61 Å². The van der Waals surface area contributed by atoms with Gasteiger partial charge in [0.1, 0.15) is 0 Å². The topological polar surface area (TPSA) is 81.4 Å². The number of amides is 1. The van der Waals surface area contributed by atoms with Crippen molar-refractivity contribution in [3.63, 3.8) is 0 Å². The predicted octanol–water partition coefficient (Wildman–Crippen LogP) is 1.26. The molecule has 0 saturated heterocycles. The van der Waals surface area contributed by atoms with Crippen molar-refractivity contribution in [2.24, 2.45) is 5.92 Å². The highest BCUT2D eigenvalue weighted by atomic mass is 16.5. The minimum absolute atomic E-state index is 0.265. The van der Waals surface area contributed by atoms with Crippen molar-refractivity contribution in [1.82, 2.24) is 5.32 Å². The summed E-state index contributed by atoms with van der Waals surface area (Å²) in [6, 6.07) is 5.18. The Morgan fingerprint density at radius 1 is 1.42 bits per heavy atom. The summed E-state index contributed by atoms with van der Waals surface area (Å²) >= 11 is 0. The lowest BCUT2D eigenvalue weighted by Gasteiger charge is -2.09. The number of nitrogens with one attached hydrogen (secondary N) is 1. The molecule has 0 unspecified atom stereocenters. The fraction of sp³-hybridized carbons (Fsp3) is 0.429. The first kappa shape index (κ1) is 13.4. The maximum absolute atomic E-state index is 11.9. The predicted molar refractivity (Wildman–Crippen MR) is 71.6 cm³/mol. The van der Waals surface area contributed by atoms with Gasteiger partial charge in [-0.3, -0.25) is 4.79 Å². The molecule has 1 fully saturated rings. The zero-order valence-corrected chi connectivity index (χ0v) is 10.9. The van der Waals surface area contributed by atoms with E-state index in [0.717, 1.165) is 5.56 Å². The van der Waals surface area contributed by atoms with E-state index >= 15 is 0 Å². The third kappa shape index (κ3) is 3.71. The summed E-state index contributed by atoms with van der Waals surface area (Å²) in [6.07, 6.45) is 2.33. The van der Waals surface area contributed by atoms with E-state index in [4.69, 9.17) is 10.5 Å². The number of hydrogen-bond donors (Lipinski definition) is 2. The molecule has 0 heterocycles. The van der Waals surface area contributed by atoms with Gasteiger partial charge < -0.3 is 15.8 Å². The Labute approximate surface area is 112 Å². The van der Waals surface area contributed by atoms with Crippen molar-refractivity contribution in [3.8, 4) is 0 Å². The summed E-state index contributed by atoms with van der Waals surface area (Å²) in [5.41, 5.74) is 7.17. The Hall–Kier alpha value is -2.04. The van der Waals surface area contributed by atoms with Crippen LogP contribution in [-0.4, -0.2) is 25.0 Å². The SMILES string of the molecule is Cc1cccc(N)c1C(=O)OCC(=O)NCC1CC1. The number of aryl methyl sites for hydroxylation is 1. The van der Waals surface area contributed by atoms with Gasteiger partial charge in [0.25, 0.3) is 5.91 Å². The van der Waals surface area contributed by atoms with Crippen LogP contribution in [0.15, 0.2) is 18.2 Å². The van der Waals surface area contributed by atoms with E-state index in [2.05, 4.69) is 5.32 Å². The summed E-state index contributed by atoms with van der Waals surface area (Å²) in [5.74, 6) is -0.226. The Bertz CT molecular complexity index is 475. The highest BCUT2D eigenvalue weighted by Gasteiger charge is 2.22. The average Bonchev–Trinajstić information content (AvgIpc) is 3.17. The molecule has 0 aliphatic heterocycles. The standard InChI is InChI=1S/C14H18N2O3/c1-9-3-2-4-11(15)13(9)14(18)19-8-12(17)16-7-10-5-6-10/h2-4,10H,5-8,15H2,1H3,(H,16,17). The fourth-order valence-corrected chi connectivity index (χ4v) is 1.80. The van der Waals surface area contributed by atoms with Gasteiger partial charge in [0.05, 0.1) is 5.56 Å². The van der Waals surface area contributed by atoms with Gasteiger partial charge in [-0.2, -0.15) is 0 Å². The number of anilines is 1. The molecule has 3 N–H and O–H groups in total. The lowest BCUT2D eigenvalue weighted by Crippen LogP contribution is -2.30. The van der Waals surface area contributed by atoms with Gasteiger partial charge in [-0.15, -0.1) is 0 Å². The molecule has 1 amide bonds. The number of rotatable bonds is 5. The number of ether oxygens (including phenoxy) is 1. The number of hydrogen-bond acceptors (Lipinski definition) is 4. The van der Waals surface area contributed by atoms with Crippen LogP contribution in [-0.2, 0) is 9.53 Å². The summed E-state index contributed by atoms with van der Waals surface area (Å²) in [6.45, 7) is 2.18. The number of carbonyl (C=O) groups is 2. The molecule has 1 aliphatic carbocycles. The van der Waals surface area contributed by atoms with Crippen LogP contribution in [0, 0.1) is 12.8 Å². The number of nitrogen functional groups attached to an aromatic ring is 1. The van der Waals surface area contributed by atoms with E-state index in [1.807, 2.05) is 0 Å². The molecule has 1 saturated carbocycles. The van der Waals surface area contributed by atoms with Gasteiger partial charge in [-0.05, 0) is 37.3 Å². The molecule has 0 spiro atoms. The molecule has 0 aromatic heterocycles. The molecular formula is C14H18N2O3. The minimum atomic E-state index is -0.558. The minimum Gasteiger partial charge on any atom is -0.452 e. The van der Waals surface area contributed by atoms with Gasteiger partial charge in [-0.25, -0.2) is 4.79 Å². The van der Waals surface area contributed by atoms with E-state index in [-0.39, 0.29) is 12.5 Å². The first-order valence-electron chi connectivity index (χ1n) is 6.37. The van der Waals surface area contributed by atoms with Crippen LogP contribution in [0.2, 0.25) is 0 Å². The van der Waals surface area contributed by atoms with Gasteiger partial charge in [0, 0.05) is 12.2 Å². The Kier molecular flexibility index (Phi) is 4.04. The highest BCUT2D eigenvalue weighted by Crippen LogP contribution is 2.27. The van der Waals surface area contributed by atoms with Gasteiger partial charge in [0.2, 0.25) is 0 Å². The van der Waals surface area contributed by atoms with Crippen LogP contribution in [0.3, 0.4) is 0 Å². The molecule has 19 heavy (non-hydrogen) atoms. The average molecular weight is 262 g/mol. The monoisotopic (exact) mass is 262 g/mol. The molecular weight excluding hydrogens is 244 g/mol. The number of nitrogens with two attached hydrogens (primary N) is 1. The van der Waals surface area contributed by atoms with Crippen molar-refractivity contribution >= 4 is 17.6 Å². The zero-order chi connectivity index (χ0) is 13.8. The lowest BCUT2D eigenvalue weighted by molar-refractivity contribution is -0.124. The van der Waals surface area contributed by atoms with Crippen LogP contribution < -0.4 is 11.1 Å². The molecule has 0 atom stereocenters. The maximum Gasteiger partial charge on any atom is 0.341 e. The van der Waals surface area contributed by atoms with Gasteiger partial charge in [-0.1, -0.05) is 12.1 Å². The van der Waals surface area contributed by atoms with Crippen LogP contribution >= 0.6 is 0 Å². The van der Waals surface area contributed by atoms with Crippen LogP contribution in [0.5, 0.6) is 0 Å². The molecule has 0 bridgehead atoms. The van der Waals surface area contributed by atoms with Gasteiger partial charge >= 0.3 is 5.97 Å². The number of carbonyl (C=O) groups excluding carboxylic acids is 2.